The van der Waals surface area contributed by atoms with Crippen LogP contribution >= 0.6 is 15.9 Å². The van der Waals surface area contributed by atoms with Gasteiger partial charge >= 0.3 is 0 Å². The number of nitrogens with one attached hydrogen (secondary N) is 2. The van der Waals surface area contributed by atoms with Gasteiger partial charge in [0.2, 0.25) is 0 Å². The molecule has 0 bridgehead atoms. The van der Waals surface area contributed by atoms with E-state index in [1.165, 1.54) is 5.56 Å². The number of H-pyrrole nitrogens is 1. The molecule has 1 amide bonds. The third-order valence-electron chi connectivity index (χ3n) is 4.22. The van der Waals surface area contributed by atoms with E-state index in [0.29, 0.717) is 12.2 Å². The molecular formula is C20H17BrN4O. The molecular weight excluding hydrogens is 392 g/mol. The molecule has 26 heavy (non-hydrogen) atoms. The number of aromatic nitrogens is 3. The SMILES string of the molecule is O=C(NCc1cccc(Cn2cnc3ccccc32)c1)c1cc(Br)c[nH]1. The van der Waals surface area contributed by atoms with Gasteiger partial charge in [-0.3, -0.25) is 4.79 Å². The van der Waals surface area contributed by atoms with E-state index >= 15 is 0 Å². The quantitative estimate of drug-likeness (QED) is 0.521. The van der Waals surface area contributed by atoms with Gasteiger partial charge in [0.1, 0.15) is 5.69 Å². The van der Waals surface area contributed by atoms with Crippen LogP contribution in [0.3, 0.4) is 0 Å². The van der Waals surface area contributed by atoms with Crippen LogP contribution in [0.1, 0.15) is 21.6 Å². The Morgan fingerprint density at radius 1 is 1.12 bits per heavy atom. The van der Waals surface area contributed by atoms with E-state index in [1.807, 2.05) is 36.7 Å². The molecule has 2 aromatic carbocycles. The number of benzene rings is 2. The summed E-state index contributed by atoms with van der Waals surface area (Å²) >= 11 is 3.33. The van der Waals surface area contributed by atoms with E-state index in [4.69, 9.17) is 0 Å². The van der Waals surface area contributed by atoms with Crippen LogP contribution in [-0.4, -0.2) is 20.4 Å². The van der Waals surface area contributed by atoms with Gasteiger partial charge in [0, 0.05) is 23.8 Å². The van der Waals surface area contributed by atoms with E-state index in [1.54, 1.807) is 12.3 Å². The Hall–Kier alpha value is -2.86. The second kappa shape index (κ2) is 7.17. The maximum absolute atomic E-state index is 12.1. The summed E-state index contributed by atoms with van der Waals surface area (Å²) < 4.78 is 2.99. The molecule has 0 spiro atoms. The Kier molecular flexibility index (Phi) is 4.58. The van der Waals surface area contributed by atoms with Crippen LogP contribution in [0, 0.1) is 0 Å². The lowest BCUT2D eigenvalue weighted by molar-refractivity contribution is 0.0946. The highest BCUT2D eigenvalue weighted by molar-refractivity contribution is 9.10. The fraction of sp³-hybridized carbons (Fsp3) is 0.100. The summed E-state index contributed by atoms with van der Waals surface area (Å²) in [6.07, 6.45) is 3.60. The average Bonchev–Trinajstić information content (AvgIpc) is 3.27. The van der Waals surface area contributed by atoms with Crippen LogP contribution in [0.15, 0.2) is 71.6 Å². The molecule has 0 atom stereocenters. The zero-order valence-corrected chi connectivity index (χ0v) is 15.5. The van der Waals surface area contributed by atoms with Gasteiger partial charge in [-0.1, -0.05) is 36.4 Å². The second-order valence-electron chi connectivity index (χ2n) is 6.10. The lowest BCUT2D eigenvalue weighted by Crippen LogP contribution is -2.23. The summed E-state index contributed by atoms with van der Waals surface area (Å²) in [4.78, 5) is 19.5. The number of carbonyl (C=O) groups excluding carboxylic acids is 1. The van der Waals surface area contributed by atoms with Crippen LogP contribution in [0.5, 0.6) is 0 Å². The van der Waals surface area contributed by atoms with Crippen LogP contribution in [0.25, 0.3) is 11.0 Å². The molecule has 4 rings (SSSR count). The highest BCUT2D eigenvalue weighted by Gasteiger charge is 2.08. The molecule has 2 aromatic heterocycles. The van der Waals surface area contributed by atoms with Crippen LogP contribution in [0.4, 0.5) is 0 Å². The van der Waals surface area contributed by atoms with Crippen molar-refractivity contribution in [1.82, 2.24) is 19.9 Å². The van der Waals surface area contributed by atoms with Crippen molar-refractivity contribution in [3.8, 4) is 0 Å². The second-order valence-corrected chi connectivity index (χ2v) is 7.01. The Morgan fingerprint density at radius 2 is 1.96 bits per heavy atom. The fourth-order valence-electron chi connectivity index (χ4n) is 2.95. The van der Waals surface area contributed by atoms with Crippen molar-refractivity contribution >= 4 is 32.9 Å². The van der Waals surface area contributed by atoms with Crippen molar-refractivity contribution in [2.45, 2.75) is 13.1 Å². The Morgan fingerprint density at radius 3 is 2.81 bits per heavy atom. The summed E-state index contributed by atoms with van der Waals surface area (Å²) in [5.74, 6) is -0.123. The molecule has 130 valence electrons. The smallest absolute Gasteiger partial charge is 0.267 e. The van der Waals surface area contributed by atoms with Gasteiger partial charge in [-0.05, 0) is 45.3 Å². The standard InChI is InChI=1S/C20H17BrN4O/c21-16-9-18(22-11-16)20(26)23-10-14-4-3-5-15(8-14)12-25-13-24-17-6-1-2-7-19(17)25/h1-9,11,13,22H,10,12H2,(H,23,26). The minimum Gasteiger partial charge on any atom is -0.356 e. The summed E-state index contributed by atoms with van der Waals surface area (Å²) in [5.41, 5.74) is 4.88. The largest absolute Gasteiger partial charge is 0.356 e. The van der Waals surface area contributed by atoms with E-state index in [9.17, 15) is 4.79 Å². The molecule has 0 aliphatic heterocycles. The number of aromatic amines is 1. The summed E-state index contributed by atoms with van der Waals surface area (Å²) in [7, 11) is 0. The highest BCUT2D eigenvalue weighted by atomic mass is 79.9. The fourth-order valence-corrected chi connectivity index (χ4v) is 3.29. The van der Waals surface area contributed by atoms with Gasteiger partial charge in [0.25, 0.3) is 5.91 Å². The van der Waals surface area contributed by atoms with Gasteiger partial charge < -0.3 is 14.9 Å². The number of fused-ring (bicyclic) bond motifs is 1. The number of halogens is 1. The van der Waals surface area contributed by atoms with Crippen molar-refractivity contribution in [3.05, 3.63) is 88.4 Å². The third-order valence-corrected chi connectivity index (χ3v) is 4.67. The first kappa shape index (κ1) is 16.6. The molecule has 6 heteroatoms. The number of rotatable bonds is 5. The van der Waals surface area contributed by atoms with E-state index in [2.05, 4.69) is 54.0 Å². The van der Waals surface area contributed by atoms with Crippen molar-refractivity contribution in [1.29, 1.82) is 0 Å². The maximum atomic E-state index is 12.1. The van der Waals surface area contributed by atoms with Crippen molar-refractivity contribution < 1.29 is 4.79 Å². The normalized spacial score (nSPS) is 11.0. The zero-order chi connectivity index (χ0) is 17.9. The maximum Gasteiger partial charge on any atom is 0.267 e. The Labute approximate surface area is 159 Å². The number of amides is 1. The summed E-state index contributed by atoms with van der Waals surface area (Å²) in [5, 5.41) is 2.93. The number of carbonyl (C=O) groups is 1. The van der Waals surface area contributed by atoms with Crippen LogP contribution in [0.2, 0.25) is 0 Å². The third kappa shape index (κ3) is 3.55. The van der Waals surface area contributed by atoms with Gasteiger partial charge in [-0.15, -0.1) is 0 Å². The average molecular weight is 409 g/mol. The molecule has 0 saturated carbocycles. The van der Waals surface area contributed by atoms with Gasteiger partial charge in [-0.25, -0.2) is 4.98 Å². The molecule has 0 saturated heterocycles. The van der Waals surface area contributed by atoms with Gasteiger partial charge in [0.05, 0.1) is 17.4 Å². The first-order valence-corrected chi connectivity index (χ1v) is 9.08. The Balaban J connectivity index is 1.45. The molecule has 2 N–H and O–H groups in total. The molecule has 4 aromatic rings. The van der Waals surface area contributed by atoms with Crippen LogP contribution in [-0.2, 0) is 13.1 Å². The first-order chi connectivity index (χ1) is 12.7. The molecule has 0 radical (unpaired) electrons. The van der Waals surface area contributed by atoms with Crippen molar-refractivity contribution in [2.24, 2.45) is 0 Å². The van der Waals surface area contributed by atoms with Gasteiger partial charge in [0.15, 0.2) is 0 Å². The molecule has 0 aliphatic carbocycles. The topological polar surface area (TPSA) is 62.7 Å². The first-order valence-electron chi connectivity index (χ1n) is 8.29. The number of imidazole rings is 1. The highest BCUT2D eigenvalue weighted by Crippen LogP contribution is 2.15. The minimum absolute atomic E-state index is 0.123. The predicted molar refractivity (Wildman–Crippen MR) is 105 cm³/mol. The number of hydrogen-bond donors (Lipinski definition) is 2. The predicted octanol–water partition coefficient (Wildman–Crippen LogP) is 4.11. The molecule has 5 nitrogen and oxygen atoms in total. The Bertz CT molecular complexity index is 1070. The van der Waals surface area contributed by atoms with Crippen molar-refractivity contribution in [3.63, 3.8) is 0 Å². The minimum atomic E-state index is -0.123. The van der Waals surface area contributed by atoms with Gasteiger partial charge in [-0.2, -0.15) is 0 Å². The monoisotopic (exact) mass is 408 g/mol. The molecule has 0 unspecified atom stereocenters. The number of nitrogens with zero attached hydrogens (tertiary/aromatic N) is 2. The van der Waals surface area contributed by atoms with E-state index < -0.39 is 0 Å². The lowest BCUT2D eigenvalue weighted by atomic mass is 10.1. The van der Waals surface area contributed by atoms with E-state index in [-0.39, 0.29) is 5.91 Å². The van der Waals surface area contributed by atoms with Crippen LogP contribution < -0.4 is 5.32 Å². The molecule has 2 heterocycles. The summed E-state index contributed by atoms with van der Waals surface area (Å²) in [6.45, 7) is 1.22. The molecule has 0 aliphatic rings. The van der Waals surface area contributed by atoms with E-state index in [0.717, 1.165) is 27.6 Å². The number of para-hydroxylation sites is 2. The van der Waals surface area contributed by atoms with Crippen molar-refractivity contribution in [2.75, 3.05) is 0 Å². The lowest BCUT2D eigenvalue weighted by Gasteiger charge is -2.08. The zero-order valence-electron chi connectivity index (χ0n) is 13.9. The number of hydrogen-bond acceptors (Lipinski definition) is 2. The molecule has 0 fully saturated rings. The summed E-state index contributed by atoms with van der Waals surface area (Å²) in [6, 6.07) is 18.1.